The summed E-state index contributed by atoms with van der Waals surface area (Å²) in [6.07, 6.45) is 0.904. The molecule has 0 bridgehead atoms. The molecule has 0 spiro atoms. The Hall–Kier alpha value is -1.62. The molecule has 0 aliphatic heterocycles. The zero-order chi connectivity index (χ0) is 16.1. The topological polar surface area (TPSA) is 60.4 Å². The Morgan fingerprint density at radius 2 is 1.81 bits per heavy atom. The van der Waals surface area contributed by atoms with Crippen LogP contribution in [0.15, 0.2) is 46.7 Å². The van der Waals surface area contributed by atoms with Crippen molar-refractivity contribution in [2.75, 3.05) is 6.61 Å². The van der Waals surface area contributed by atoms with Gasteiger partial charge in [0.1, 0.15) is 0 Å². The van der Waals surface area contributed by atoms with E-state index in [0.717, 1.165) is 0 Å². The van der Waals surface area contributed by atoms with Crippen molar-refractivity contribution in [3.05, 3.63) is 41.8 Å². The summed E-state index contributed by atoms with van der Waals surface area (Å²) < 4.78 is 29.7. The lowest BCUT2D eigenvalue weighted by Gasteiger charge is -2.25. The molecule has 0 aliphatic rings. The van der Waals surface area contributed by atoms with Gasteiger partial charge in [0, 0.05) is 11.8 Å². The lowest BCUT2D eigenvalue weighted by Crippen LogP contribution is -2.19. The molecule has 4 nitrogen and oxygen atoms in total. The molecule has 0 heterocycles. The molecule has 5 heteroatoms. The maximum Gasteiger partial charge on any atom is 0.302 e. The Morgan fingerprint density at radius 1 is 1.24 bits per heavy atom. The molecule has 0 aliphatic carbocycles. The number of ether oxygens (including phenoxy) is 1. The van der Waals surface area contributed by atoms with Crippen molar-refractivity contribution >= 4 is 15.8 Å². The third-order valence-electron chi connectivity index (χ3n) is 3.19. The van der Waals surface area contributed by atoms with Crippen LogP contribution >= 0.6 is 0 Å². The monoisotopic (exact) mass is 310 g/mol. The maximum absolute atomic E-state index is 12.4. The zero-order valence-corrected chi connectivity index (χ0v) is 13.6. The number of hydrogen-bond acceptors (Lipinski definition) is 4. The lowest BCUT2D eigenvalue weighted by atomic mass is 9.86. The molecule has 0 aromatic heterocycles. The second-order valence-corrected chi connectivity index (χ2v) is 7.84. The summed E-state index contributed by atoms with van der Waals surface area (Å²) in [6.45, 7) is 9.23. The largest absolute Gasteiger partial charge is 0.466 e. The molecule has 0 saturated carbocycles. The van der Waals surface area contributed by atoms with E-state index in [0.29, 0.717) is 12.8 Å². The Balaban J connectivity index is 2.73. The van der Waals surface area contributed by atoms with Crippen LogP contribution in [0.2, 0.25) is 0 Å². The van der Waals surface area contributed by atoms with E-state index >= 15 is 0 Å². The first kappa shape index (κ1) is 17.4. The molecular weight excluding hydrogens is 288 g/mol. The summed E-state index contributed by atoms with van der Waals surface area (Å²) in [5.74, 6) is -0.332. The highest BCUT2D eigenvalue weighted by molar-refractivity contribution is 7.95. The average molecular weight is 310 g/mol. The van der Waals surface area contributed by atoms with Crippen molar-refractivity contribution in [1.29, 1.82) is 0 Å². The predicted molar refractivity (Wildman–Crippen MR) is 82.4 cm³/mol. The molecule has 0 saturated heterocycles. The SMILES string of the molecule is C=C(CC(C)(C)CCOC(C)=O)S(=O)(=O)c1ccccc1. The standard InChI is InChI=1S/C16H22O4S/c1-13(12-16(3,4)10-11-20-14(2)17)21(18,19)15-8-6-5-7-9-15/h5-9H,1,10-12H2,2-4H3. The highest BCUT2D eigenvalue weighted by Gasteiger charge is 2.26. The molecule has 0 amide bonds. The van der Waals surface area contributed by atoms with Crippen LogP contribution in [0, 0.1) is 5.41 Å². The van der Waals surface area contributed by atoms with Crippen LogP contribution in [0.5, 0.6) is 0 Å². The van der Waals surface area contributed by atoms with Gasteiger partial charge in [-0.25, -0.2) is 8.42 Å². The quantitative estimate of drug-likeness (QED) is 0.725. The van der Waals surface area contributed by atoms with Gasteiger partial charge in [0.25, 0.3) is 0 Å². The van der Waals surface area contributed by atoms with Gasteiger partial charge in [0.2, 0.25) is 9.84 Å². The van der Waals surface area contributed by atoms with E-state index in [1.807, 2.05) is 13.8 Å². The third-order valence-corrected chi connectivity index (χ3v) is 4.99. The van der Waals surface area contributed by atoms with E-state index in [2.05, 4.69) is 6.58 Å². The van der Waals surface area contributed by atoms with Crippen molar-refractivity contribution in [3.63, 3.8) is 0 Å². The minimum absolute atomic E-state index is 0.182. The van der Waals surface area contributed by atoms with Gasteiger partial charge in [0.15, 0.2) is 0 Å². The van der Waals surface area contributed by atoms with Crippen molar-refractivity contribution in [2.45, 2.75) is 38.5 Å². The molecule has 1 rings (SSSR count). The van der Waals surface area contributed by atoms with Gasteiger partial charge in [-0.1, -0.05) is 38.6 Å². The zero-order valence-electron chi connectivity index (χ0n) is 12.8. The van der Waals surface area contributed by atoms with Crippen molar-refractivity contribution in [2.24, 2.45) is 5.41 Å². The van der Waals surface area contributed by atoms with Crippen molar-refractivity contribution < 1.29 is 17.9 Å². The first-order valence-corrected chi connectivity index (χ1v) is 8.25. The Labute approximate surface area is 126 Å². The third kappa shape index (κ3) is 5.34. The van der Waals surface area contributed by atoms with Gasteiger partial charge in [-0.05, 0) is 30.4 Å². The van der Waals surface area contributed by atoms with Gasteiger partial charge < -0.3 is 4.74 Å². The number of esters is 1. The van der Waals surface area contributed by atoms with Crippen molar-refractivity contribution in [3.8, 4) is 0 Å². The Kier molecular flexibility index (Phi) is 5.72. The molecule has 21 heavy (non-hydrogen) atoms. The first-order chi connectivity index (χ1) is 9.65. The fraction of sp³-hybridized carbons (Fsp3) is 0.438. The van der Waals surface area contributed by atoms with Crippen LogP contribution in [-0.4, -0.2) is 21.0 Å². The smallest absolute Gasteiger partial charge is 0.302 e. The molecular formula is C16H22O4S. The normalized spacial score (nSPS) is 12.0. The number of rotatable bonds is 7. The maximum atomic E-state index is 12.4. The fourth-order valence-electron chi connectivity index (χ4n) is 1.95. The molecule has 0 unspecified atom stereocenters. The number of hydrogen-bond donors (Lipinski definition) is 0. The summed E-state index contributed by atoms with van der Waals surface area (Å²) >= 11 is 0. The second-order valence-electron chi connectivity index (χ2n) is 5.79. The average Bonchev–Trinajstić information content (AvgIpc) is 2.38. The van der Waals surface area contributed by atoms with Crippen LogP contribution in [-0.2, 0) is 19.4 Å². The minimum atomic E-state index is -3.52. The predicted octanol–water partition coefficient (Wildman–Crippen LogP) is 3.34. The van der Waals surface area contributed by atoms with Gasteiger partial charge >= 0.3 is 5.97 Å². The summed E-state index contributed by atoms with van der Waals surface area (Å²) in [5, 5.41) is 0. The minimum Gasteiger partial charge on any atom is -0.466 e. The first-order valence-electron chi connectivity index (χ1n) is 6.76. The number of sulfone groups is 1. The van der Waals surface area contributed by atoms with E-state index < -0.39 is 9.84 Å². The lowest BCUT2D eigenvalue weighted by molar-refractivity contribution is -0.141. The molecule has 0 N–H and O–H groups in total. The second kappa shape index (κ2) is 6.89. The van der Waals surface area contributed by atoms with E-state index in [9.17, 15) is 13.2 Å². The van der Waals surface area contributed by atoms with Gasteiger partial charge in [-0.3, -0.25) is 4.79 Å². The molecule has 1 aromatic carbocycles. The number of carbonyl (C=O) groups excluding carboxylic acids is 1. The molecule has 116 valence electrons. The van der Waals surface area contributed by atoms with E-state index in [1.54, 1.807) is 30.3 Å². The Morgan fingerprint density at radius 3 is 2.33 bits per heavy atom. The van der Waals surface area contributed by atoms with Gasteiger partial charge in [-0.2, -0.15) is 0 Å². The summed E-state index contributed by atoms with van der Waals surface area (Å²) in [5.41, 5.74) is -0.311. The van der Waals surface area contributed by atoms with Gasteiger partial charge in [0.05, 0.1) is 11.5 Å². The Bertz CT molecular complexity index is 600. The van der Waals surface area contributed by atoms with Gasteiger partial charge in [-0.15, -0.1) is 0 Å². The van der Waals surface area contributed by atoms with Crippen LogP contribution in [0.25, 0.3) is 0 Å². The van der Waals surface area contributed by atoms with E-state index in [4.69, 9.17) is 4.74 Å². The molecule has 0 atom stereocenters. The number of benzene rings is 1. The van der Waals surface area contributed by atoms with Crippen LogP contribution in [0.1, 0.15) is 33.6 Å². The highest BCUT2D eigenvalue weighted by atomic mass is 32.2. The summed E-state index contributed by atoms with van der Waals surface area (Å²) in [6, 6.07) is 8.27. The van der Waals surface area contributed by atoms with Crippen LogP contribution in [0.4, 0.5) is 0 Å². The molecule has 0 radical (unpaired) electrons. The van der Waals surface area contributed by atoms with Crippen LogP contribution in [0.3, 0.4) is 0 Å². The summed E-state index contributed by atoms with van der Waals surface area (Å²) in [4.78, 5) is 11.2. The molecule has 1 aromatic rings. The number of carbonyl (C=O) groups is 1. The van der Waals surface area contributed by atoms with E-state index in [1.165, 1.54) is 6.92 Å². The highest BCUT2D eigenvalue weighted by Crippen LogP contribution is 2.32. The molecule has 0 fully saturated rings. The summed E-state index contributed by atoms with van der Waals surface area (Å²) in [7, 11) is -3.52. The van der Waals surface area contributed by atoms with Crippen LogP contribution < -0.4 is 0 Å². The van der Waals surface area contributed by atoms with Crippen molar-refractivity contribution in [1.82, 2.24) is 0 Å². The fourth-order valence-corrected chi connectivity index (χ4v) is 3.38. The van der Waals surface area contributed by atoms with E-state index in [-0.39, 0.29) is 27.8 Å². The number of allylic oxidation sites excluding steroid dienone is 1.